The molecule has 2 heteroatoms. The van der Waals surface area contributed by atoms with E-state index in [1.54, 1.807) is 0 Å². The molecular weight excluding hydrogens is 172 g/mol. The Morgan fingerprint density at radius 3 is 2.71 bits per heavy atom. The van der Waals surface area contributed by atoms with Crippen molar-refractivity contribution < 1.29 is 0 Å². The van der Waals surface area contributed by atoms with Gasteiger partial charge in [-0.1, -0.05) is 26.8 Å². The third kappa shape index (κ3) is 2.41. The molecular formula is C12H18N2. The lowest BCUT2D eigenvalue weighted by Gasteiger charge is -2.11. The van der Waals surface area contributed by atoms with Crippen LogP contribution in [0.3, 0.4) is 0 Å². The van der Waals surface area contributed by atoms with Gasteiger partial charge >= 0.3 is 0 Å². The molecule has 76 valence electrons. The molecule has 0 fully saturated rings. The average molecular weight is 190 g/mol. The van der Waals surface area contributed by atoms with E-state index in [0.717, 1.165) is 29.9 Å². The standard InChI is InChI=1S/C12H18N2/c1-4-10-7-6-8-12(14-10)9(3)11(13)5-2/h6-9,13H,4-5H2,1-3H3. The smallest absolute Gasteiger partial charge is 0.0491 e. The molecule has 1 atom stereocenters. The normalized spacial score (nSPS) is 12.5. The summed E-state index contributed by atoms with van der Waals surface area (Å²) in [5.74, 6) is 0.159. The summed E-state index contributed by atoms with van der Waals surface area (Å²) in [4.78, 5) is 4.52. The fourth-order valence-corrected chi connectivity index (χ4v) is 1.42. The third-order valence-electron chi connectivity index (χ3n) is 2.54. The van der Waals surface area contributed by atoms with E-state index >= 15 is 0 Å². The van der Waals surface area contributed by atoms with Crippen LogP contribution < -0.4 is 0 Å². The number of aryl methyl sites for hydroxylation is 1. The predicted molar refractivity (Wildman–Crippen MR) is 60.0 cm³/mol. The van der Waals surface area contributed by atoms with E-state index in [0.29, 0.717) is 0 Å². The van der Waals surface area contributed by atoms with Gasteiger partial charge in [0.1, 0.15) is 0 Å². The van der Waals surface area contributed by atoms with Crippen LogP contribution in [0.15, 0.2) is 18.2 Å². The number of rotatable bonds is 4. The molecule has 14 heavy (non-hydrogen) atoms. The van der Waals surface area contributed by atoms with Crippen molar-refractivity contribution in [1.82, 2.24) is 4.98 Å². The van der Waals surface area contributed by atoms with Gasteiger partial charge < -0.3 is 5.41 Å². The summed E-state index contributed by atoms with van der Waals surface area (Å²) in [6.07, 6.45) is 1.76. The number of nitrogens with zero attached hydrogens (tertiary/aromatic N) is 1. The highest BCUT2D eigenvalue weighted by Crippen LogP contribution is 2.15. The minimum atomic E-state index is 0.159. The van der Waals surface area contributed by atoms with E-state index in [4.69, 9.17) is 5.41 Å². The maximum absolute atomic E-state index is 7.77. The maximum atomic E-state index is 7.77. The van der Waals surface area contributed by atoms with Crippen LogP contribution in [-0.2, 0) is 6.42 Å². The van der Waals surface area contributed by atoms with Gasteiger partial charge in [0, 0.05) is 23.0 Å². The molecule has 1 aromatic heterocycles. The monoisotopic (exact) mass is 190 g/mol. The van der Waals surface area contributed by atoms with Crippen LogP contribution in [-0.4, -0.2) is 10.7 Å². The maximum Gasteiger partial charge on any atom is 0.0491 e. The van der Waals surface area contributed by atoms with Gasteiger partial charge in [0.15, 0.2) is 0 Å². The molecule has 2 nitrogen and oxygen atoms in total. The highest BCUT2D eigenvalue weighted by molar-refractivity contribution is 5.87. The molecule has 0 bridgehead atoms. The van der Waals surface area contributed by atoms with E-state index in [1.165, 1.54) is 0 Å². The number of pyridine rings is 1. The van der Waals surface area contributed by atoms with Crippen LogP contribution in [0.2, 0.25) is 0 Å². The minimum absolute atomic E-state index is 0.159. The molecule has 1 N–H and O–H groups in total. The van der Waals surface area contributed by atoms with E-state index in [9.17, 15) is 0 Å². The van der Waals surface area contributed by atoms with Gasteiger partial charge in [0.2, 0.25) is 0 Å². The third-order valence-corrected chi connectivity index (χ3v) is 2.54. The van der Waals surface area contributed by atoms with Crippen molar-refractivity contribution in [3.05, 3.63) is 29.6 Å². The molecule has 1 heterocycles. The van der Waals surface area contributed by atoms with Crippen molar-refractivity contribution in [1.29, 1.82) is 5.41 Å². The fraction of sp³-hybridized carbons (Fsp3) is 0.500. The van der Waals surface area contributed by atoms with Crippen molar-refractivity contribution >= 4 is 5.71 Å². The van der Waals surface area contributed by atoms with Gasteiger partial charge in [-0.25, -0.2) is 0 Å². The molecule has 0 saturated carbocycles. The first-order valence-corrected chi connectivity index (χ1v) is 5.22. The molecule has 1 unspecified atom stereocenters. The Bertz CT molecular complexity index is 318. The van der Waals surface area contributed by atoms with Crippen molar-refractivity contribution in [2.75, 3.05) is 0 Å². The van der Waals surface area contributed by atoms with Crippen molar-refractivity contribution in [3.63, 3.8) is 0 Å². The van der Waals surface area contributed by atoms with Crippen molar-refractivity contribution in [3.8, 4) is 0 Å². The Kier molecular flexibility index (Phi) is 3.81. The first-order chi connectivity index (χ1) is 6.69. The van der Waals surface area contributed by atoms with Gasteiger partial charge in [-0.2, -0.15) is 0 Å². The molecule has 0 spiro atoms. The van der Waals surface area contributed by atoms with E-state index in [-0.39, 0.29) is 5.92 Å². The van der Waals surface area contributed by atoms with Crippen LogP contribution in [0.1, 0.15) is 44.5 Å². The van der Waals surface area contributed by atoms with E-state index in [2.05, 4.69) is 11.9 Å². The van der Waals surface area contributed by atoms with Crippen LogP contribution in [0.5, 0.6) is 0 Å². The number of hydrogen-bond acceptors (Lipinski definition) is 2. The van der Waals surface area contributed by atoms with Gasteiger partial charge in [0.25, 0.3) is 0 Å². The Morgan fingerprint density at radius 2 is 2.14 bits per heavy atom. The molecule has 0 aliphatic heterocycles. The van der Waals surface area contributed by atoms with Crippen molar-refractivity contribution in [2.24, 2.45) is 0 Å². The summed E-state index contributed by atoms with van der Waals surface area (Å²) in [5, 5.41) is 7.77. The summed E-state index contributed by atoms with van der Waals surface area (Å²) >= 11 is 0. The predicted octanol–water partition coefficient (Wildman–Crippen LogP) is 3.18. The molecule has 0 amide bonds. The van der Waals surface area contributed by atoms with Crippen molar-refractivity contribution in [2.45, 2.75) is 39.5 Å². The Hall–Kier alpha value is -1.18. The molecule has 0 aliphatic rings. The lowest BCUT2D eigenvalue weighted by molar-refractivity contribution is 0.883. The first-order valence-electron chi connectivity index (χ1n) is 5.22. The second-order valence-corrected chi connectivity index (χ2v) is 3.51. The van der Waals surface area contributed by atoms with Gasteiger partial charge in [-0.15, -0.1) is 0 Å². The second-order valence-electron chi connectivity index (χ2n) is 3.51. The number of aromatic nitrogens is 1. The van der Waals surface area contributed by atoms with Crippen LogP contribution in [0.4, 0.5) is 0 Å². The molecule has 0 aromatic carbocycles. The summed E-state index contributed by atoms with van der Waals surface area (Å²) in [5.41, 5.74) is 2.89. The number of nitrogens with one attached hydrogen (secondary N) is 1. The zero-order valence-corrected chi connectivity index (χ0v) is 9.17. The fourth-order valence-electron chi connectivity index (χ4n) is 1.42. The zero-order chi connectivity index (χ0) is 10.6. The second kappa shape index (κ2) is 4.89. The molecule has 0 saturated heterocycles. The summed E-state index contributed by atoms with van der Waals surface area (Å²) in [6, 6.07) is 6.07. The summed E-state index contributed by atoms with van der Waals surface area (Å²) in [7, 11) is 0. The van der Waals surface area contributed by atoms with Crippen LogP contribution in [0.25, 0.3) is 0 Å². The highest BCUT2D eigenvalue weighted by Gasteiger charge is 2.10. The van der Waals surface area contributed by atoms with Gasteiger partial charge in [-0.3, -0.25) is 4.98 Å². The van der Waals surface area contributed by atoms with Crippen LogP contribution in [0, 0.1) is 5.41 Å². The Labute approximate surface area is 85.9 Å². The summed E-state index contributed by atoms with van der Waals surface area (Å²) < 4.78 is 0. The van der Waals surface area contributed by atoms with Gasteiger partial charge in [0.05, 0.1) is 0 Å². The molecule has 0 aliphatic carbocycles. The topological polar surface area (TPSA) is 36.7 Å². The zero-order valence-electron chi connectivity index (χ0n) is 9.17. The minimum Gasteiger partial charge on any atom is -0.309 e. The SMILES string of the molecule is CCC(=N)C(C)c1cccc(CC)n1. The lowest BCUT2D eigenvalue weighted by Crippen LogP contribution is -2.09. The summed E-state index contributed by atoms with van der Waals surface area (Å²) in [6.45, 7) is 6.16. The first kappa shape index (κ1) is 10.9. The molecule has 1 rings (SSSR count). The highest BCUT2D eigenvalue weighted by atomic mass is 14.7. The van der Waals surface area contributed by atoms with E-state index < -0.39 is 0 Å². The van der Waals surface area contributed by atoms with Crippen LogP contribution >= 0.6 is 0 Å². The largest absolute Gasteiger partial charge is 0.309 e. The quantitative estimate of drug-likeness (QED) is 0.727. The lowest BCUT2D eigenvalue weighted by atomic mass is 9.99. The Morgan fingerprint density at radius 1 is 1.43 bits per heavy atom. The Balaban J connectivity index is 2.89. The average Bonchev–Trinajstić information content (AvgIpc) is 2.27. The van der Waals surface area contributed by atoms with Gasteiger partial charge in [-0.05, 0) is 25.0 Å². The number of hydrogen-bond donors (Lipinski definition) is 1. The molecule has 1 aromatic rings. The van der Waals surface area contributed by atoms with E-state index in [1.807, 2.05) is 32.0 Å². The molecule has 0 radical (unpaired) electrons.